The number of amides is 1. The van der Waals surface area contributed by atoms with Crippen LogP contribution in [-0.4, -0.2) is 62.7 Å². The second-order valence-corrected chi connectivity index (χ2v) is 11.3. The number of aromatic nitrogens is 3. The molecule has 0 unspecified atom stereocenters. The second kappa shape index (κ2) is 12.1. The van der Waals surface area contributed by atoms with Crippen molar-refractivity contribution in [1.82, 2.24) is 24.8 Å². The van der Waals surface area contributed by atoms with Crippen LogP contribution in [0.15, 0.2) is 79.1 Å². The first-order valence-electron chi connectivity index (χ1n) is 13.8. The molecule has 0 bridgehead atoms. The van der Waals surface area contributed by atoms with Crippen LogP contribution in [0.3, 0.4) is 0 Å². The second-order valence-electron chi connectivity index (χ2n) is 10.4. The van der Waals surface area contributed by atoms with Gasteiger partial charge in [0, 0.05) is 64.3 Å². The summed E-state index contributed by atoms with van der Waals surface area (Å²) < 4.78 is 2.09. The minimum Gasteiger partial charge on any atom is -0.395 e. The lowest BCUT2D eigenvalue weighted by atomic mass is 10.00. The Kier molecular flexibility index (Phi) is 8.12. The van der Waals surface area contributed by atoms with Crippen LogP contribution in [0.2, 0.25) is 10.0 Å². The molecule has 41 heavy (non-hydrogen) atoms. The average Bonchev–Trinajstić information content (AvgIpc) is 3.56. The molecule has 2 aromatic heterocycles. The Morgan fingerprint density at radius 3 is 2.46 bits per heavy atom. The first-order chi connectivity index (χ1) is 20.0. The van der Waals surface area contributed by atoms with E-state index in [0.29, 0.717) is 28.8 Å². The van der Waals surface area contributed by atoms with Gasteiger partial charge in [-0.1, -0.05) is 71.7 Å². The van der Waals surface area contributed by atoms with Gasteiger partial charge in [-0.25, -0.2) is 4.98 Å². The minimum atomic E-state index is -0.161. The molecule has 3 N–H and O–H groups in total. The van der Waals surface area contributed by atoms with E-state index < -0.39 is 0 Å². The SMILES string of the molecule is O=C(NC1CCN(CCO)CC1)c1[nH]c2cc(Cl)ccc2c1-c1c(-c2ccccc2)ncn1Cc1ccc(Cl)cc1. The van der Waals surface area contributed by atoms with Crippen molar-refractivity contribution in [2.45, 2.75) is 25.4 Å². The molecule has 0 spiro atoms. The molecule has 1 saturated heterocycles. The van der Waals surface area contributed by atoms with Gasteiger partial charge in [-0.3, -0.25) is 4.79 Å². The number of carbonyl (C=O) groups excluding carboxylic acids is 1. The molecule has 0 radical (unpaired) electrons. The summed E-state index contributed by atoms with van der Waals surface area (Å²) >= 11 is 12.5. The molecule has 1 amide bonds. The molecular weight excluding hydrogens is 557 g/mol. The Morgan fingerprint density at radius 1 is 1.00 bits per heavy atom. The quantitative estimate of drug-likeness (QED) is 0.200. The van der Waals surface area contributed by atoms with E-state index in [1.165, 1.54) is 0 Å². The number of aromatic amines is 1. The summed E-state index contributed by atoms with van der Waals surface area (Å²) in [6.07, 6.45) is 3.49. The van der Waals surface area contributed by atoms with Gasteiger partial charge in [0.05, 0.1) is 24.3 Å². The van der Waals surface area contributed by atoms with Gasteiger partial charge in [-0.15, -0.1) is 0 Å². The Balaban J connectivity index is 1.45. The molecule has 0 saturated carbocycles. The number of halogens is 2. The predicted octanol–water partition coefficient (Wildman–Crippen LogP) is 6.24. The number of nitrogens with one attached hydrogen (secondary N) is 2. The van der Waals surface area contributed by atoms with Crippen LogP contribution in [0.4, 0.5) is 0 Å². The largest absolute Gasteiger partial charge is 0.395 e. The fourth-order valence-electron chi connectivity index (χ4n) is 5.64. The highest BCUT2D eigenvalue weighted by molar-refractivity contribution is 6.31. The fraction of sp³-hybridized carbons (Fsp3) is 0.250. The van der Waals surface area contributed by atoms with Crippen LogP contribution in [0.1, 0.15) is 28.9 Å². The highest BCUT2D eigenvalue weighted by atomic mass is 35.5. The van der Waals surface area contributed by atoms with Crippen molar-refractivity contribution in [2.75, 3.05) is 26.2 Å². The van der Waals surface area contributed by atoms with Crippen LogP contribution in [0, 0.1) is 0 Å². The van der Waals surface area contributed by atoms with Crippen LogP contribution < -0.4 is 5.32 Å². The first kappa shape index (κ1) is 27.5. The van der Waals surface area contributed by atoms with Gasteiger partial charge in [0.1, 0.15) is 5.69 Å². The Bertz CT molecular complexity index is 1660. The van der Waals surface area contributed by atoms with Gasteiger partial charge >= 0.3 is 0 Å². The van der Waals surface area contributed by atoms with Gasteiger partial charge in [0.25, 0.3) is 5.91 Å². The molecule has 0 atom stereocenters. The van der Waals surface area contributed by atoms with Gasteiger partial charge in [-0.2, -0.15) is 0 Å². The van der Waals surface area contributed by atoms with Crippen LogP contribution in [0.25, 0.3) is 33.4 Å². The predicted molar refractivity (Wildman–Crippen MR) is 165 cm³/mol. The lowest BCUT2D eigenvalue weighted by Crippen LogP contribution is -2.45. The minimum absolute atomic E-state index is 0.0489. The van der Waals surface area contributed by atoms with E-state index in [4.69, 9.17) is 28.2 Å². The van der Waals surface area contributed by atoms with Gasteiger partial charge in [-0.05, 0) is 42.7 Å². The molecular formula is C32H31Cl2N5O2. The van der Waals surface area contributed by atoms with Crippen molar-refractivity contribution in [2.24, 2.45) is 0 Å². The van der Waals surface area contributed by atoms with E-state index in [-0.39, 0.29) is 18.6 Å². The highest BCUT2D eigenvalue weighted by Crippen LogP contribution is 2.39. The third-order valence-corrected chi connectivity index (χ3v) is 8.20. The summed E-state index contributed by atoms with van der Waals surface area (Å²) in [5.41, 5.74) is 5.73. The number of H-pyrrole nitrogens is 1. The van der Waals surface area contributed by atoms with Crippen molar-refractivity contribution in [1.29, 1.82) is 0 Å². The lowest BCUT2D eigenvalue weighted by Gasteiger charge is -2.31. The van der Waals surface area contributed by atoms with E-state index in [1.54, 1.807) is 0 Å². The number of β-amino-alcohol motifs (C(OH)–C–C–N with tert-alkyl or cyclic N) is 1. The van der Waals surface area contributed by atoms with Gasteiger partial charge in [0.15, 0.2) is 0 Å². The zero-order chi connectivity index (χ0) is 28.3. The highest BCUT2D eigenvalue weighted by Gasteiger charge is 2.28. The number of aliphatic hydroxyl groups is 1. The van der Waals surface area contributed by atoms with Crippen molar-refractivity contribution < 1.29 is 9.90 Å². The van der Waals surface area contributed by atoms with Crippen molar-refractivity contribution >= 4 is 40.0 Å². The molecule has 9 heteroatoms. The van der Waals surface area contributed by atoms with Crippen molar-refractivity contribution in [3.63, 3.8) is 0 Å². The number of benzene rings is 3. The molecule has 3 aromatic carbocycles. The number of carbonyl (C=O) groups is 1. The van der Waals surface area contributed by atoms with Crippen molar-refractivity contribution in [3.05, 3.63) is 100 Å². The summed E-state index contributed by atoms with van der Waals surface area (Å²) in [7, 11) is 0. The summed E-state index contributed by atoms with van der Waals surface area (Å²) in [5, 5.41) is 14.7. The Hall–Kier alpha value is -3.62. The zero-order valence-corrected chi connectivity index (χ0v) is 24.0. The molecule has 210 valence electrons. The topological polar surface area (TPSA) is 86.2 Å². The number of likely N-dealkylation sites (tertiary alicyclic amines) is 1. The molecule has 6 rings (SSSR count). The Labute approximate surface area is 248 Å². The first-order valence-corrected chi connectivity index (χ1v) is 14.6. The summed E-state index contributed by atoms with van der Waals surface area (Å²) in [5.74, 6) is -0.161. The lowest BCUT2D eigenvalue weighted by molar-refractivity contribution is 0.0899. The maximum Gasteiger partial charge on any atom is 0.268 e. The van der Waals surface area contributed by atoms with Gasteiger partial charge in [0.2, 0.25) is 0 Å². The van der Waals surface area contributed by atoms with E-state index in [9.17, 15) is 9.90 Å². The molecule has 1 aliphatic heterocycles. The summed E-state index contributed by atoms with van der Waals surface area (Å²) in [6.45, 7) is 3.04. The van der Waals surface area contributed by atoms with Crippen LogP contribution in [-0.2, 0) is 6.54 Å². The molecule has 5 aromatic rings. The van der Waals surface area contributed by atoms with Crippen LogP contribution >= 0.6 is 23.2 Å². The molecule has 1 fully saturated rings. The normalized spacial score (nSPS) is 14.5. The number of piperidine rings is 1. The number of hydrogen-bond acceptors (Lipinski definition) is 4. The monoisotopic (exact) mass is 587 g/mol. The fourth-order valence-corrected chi connectivity index (χ4v) is 5.94. The Morgan fingerprint density at radius 2 is 1.73 bits per heavy atom. The summed E-state index contributed by atoms with van der Waals surface area (Å²) in [4.78, 5) is 24.4. The number of imidazole rings is 1. The molecule has 7 nitrogen and oxygen atoms in total. The molecule has 0 aliphatic carbocycles. The number of hydrogen-bond donors (Lipinski definition) is 3. The van der Waals surface area contributed by atoms with Gasteiger partial charge < -0.3 is 24.9 Å². The van der Waals surface area contributed by atoms with E-state index in [0.717, 1.165) is 64.9 Å². The maximum absolute atomic E-state index is 14.0. The number of fused-ring (bicyclic) bond motifs is 1. The average molecular weight is 589 g/mol. The molecule has 3 heterocycles. The van der Waals surface area contributed by atoms with E-state index >= 15 is 0 Å². The van der Waals surface area contributed by atoms with Crippen LogP contribution in [0.5, 0.6) is 0 Å². The third kappa shape index (κ3) is 5.90. The number of nitrogens with zero attached hydrogens (tertiary/aromatic N) is 3. The summed E-state index contributed by atoms with van der Waals surface area (Å²) in [6, 6.07) is 23.5. The smallest absolute Gasteiger partial charge is 0.268 e. The third-order valence-electron chi connectivity index (χ3n) is 7.71. The number of aliphatic hydroxyl groups excluding tert-OH is 1. The standard InChI is InChI=1S/C32H31Cl2N5O2/c33-23-8-6-21(7-9-23)19-39-20-35-29(22-4-2-1-3-5-22)31(39)28-26-11-10-24(34)18-27(26)37-30(28)32(41)36-25-12-14-38(15-13-25)16-17-40/h1-11,18,20,25,37,40H,12-17,19H2,(H,36,41). The maximum atomic E-state index is 14.0. The van der Waals surface area contributed by atoms with E-state index in [1.807, 2.05) is 79.1 Å². The number of rotatable bonds is 8. The van der Waals surface area contributed by atoms with Crippen molar-refractivity contribution in [3.8, 4) is 22.5 Å². The van der Waals surface area contributed by atoms with E-state index in [2.05, 4.69) is 19.8 Å². The molecule has 1 aliphatic rings. The zero-order valence-electron chi connectivity index (χ0n) is 22.5.